The number of carbonyl (C=O) groups is 1. The van der Waals surface area contributed by atoms with Crippen LogP contribution in [0, 0.1) is 0 Å². The van der Waals surface area contributed by atoms with Crippen LogP contribution in [0.3, 0.4) is 0 Å². The van der Waals surface area contributed by atoms with E-state index >= 15 is 0 Å². The Morgan fingerprint density at radius 3 is 2.80 bits per heavy atom. The van der Waals surface area contributed by atoms with Crippen molar-refractivity contribution in [2.45, 2.75) is 0 Å². The predicted molar refractivity (Wildman–Crippen MR) is 77.1 cm³/mol. The standard InChI is InChI=1S/C14H12ClN3O2/c1-17-7-10(8-4-3-5-11(15)13(8)17)12-9(14(19)20)6-16-18(12)2/h3-7H,1-2H3,(H,19,20). The van der Waals surface area contributed by atoms with Crippen LogP contribution in [-0.4, -0.2) is 25.4 Å². The summed E-state index contributed by atoms with van der Waals surface area (Å²) in [7, 11) is 3.61. The number of carboxylic acid groups (broad SMARTS) is 1. The molecule has 1 aromatic carbocycles. The van der Waals surface area contributed by atoms with Crippen LogP contribution < -0.4 is 0 Å². The second kappa shape index (κ2) is 4.38. The SMILES string of the molecule is Cn1ncc(C(=O)O)c1-c1cn(C)c2c(Cl)cccc12. The fraction of sp³-hybridized carbons (Fsp3) is 0.143. The first-order valence-electron chi connectivity index (χ1n) is 6.00. The first-order chi connectivity index (χ1) is 9.50. The van der Waals surface area contributed by atoms with Crippen LogP contribution in [0.5, 0.6) is 0 Å². The normalized spacial score (nSPS) is 11.2. The molecule has 5 nitrogen and oxygen atoms in total. The van der Waals surface area contributed by atoms with E-state index in [0.717, 1.165) is 16.5 Å². The third-order valence-corrected chi connectivity index (χ3v) is 3.68. The average molecular weight is 290 g/mol. The molecule has 0 spiro atoms. The number of fused-ring (bicyclic) bond motifs is 1. The summed E-state index contributed by atoms with van der Waals surface area (Å²) in [5, 5.41) is 14.9. The van der Waals surface area contributed by atoms with Gasteiger partial charge in [0.05, 0.1) is 22.4 Å². The van der Waals surface area contributed by atoms with Gasteiger partial charge in [0.2, 0.25) is 0 Å². The van der Waals surface area contributed by atoms with Gasteiger partial charge >= 0.3 is 5.97 Å². The number of aryl methyl sites for hydroxylation is 2. The van der Waals surface area contributed by atoms with Crippen molar-refractivity contribution in [3.05, 3.63) is 41.2 Å². The third kappa shape index (κ3) is 1.71. The van der Waals surface area contributed by atoms with Gasteiger partial charge in [-0.15, -0.1) is 0 Å². The summed E-state index contributed by atoms with van der Waals surface area (Å²) >= 11 is 6.22. The van der Waals surface area contributed by atoms with Crippen LogP contribution in [0.2, 0.25) is 5.02 Å². The zero-order valence-electron chi connectivity index (χ0n) is 11.0. The molecule has 0 aliphatic heterocycles. The van der Waals surface area contributed by atoms with E-state index in [4.69, 9.17) is 11.6 Å². The lowest BCUT2D eigenvalue weighted by Gasteiger charge is -2.02. The van der Waals surface area contributed by atoms with E-state index in [-0.39, 0.29) is 5.56 Å². The van der Waals surface area contributed by atoms with Crippen LogP contribution in [0.25, 0.3) is 22.2 Å². The largest absolute Gasteiger partial charge is 0.478 e. The maximum Gasteiger partial charge on any atom is 0.339 e. The highest BCUT2D eigenvalue weighted by molar-refractivity contribution is 6.35. The van der Waals surface area contributed by atoms with Crippen molar-refractivity contribution >= 4 is 28.5 Å². The van der Waals surface area contributed by atoms with Crippen molar-refractivity contribution < 1.29 is 9.90 Å². The molecular weight excluding hydrogens is 278 g/mol. The van der Waals surface area contributed by atoms with Gasteiger partial charge in [-0.05, 0) is 6.07 Å². The van der Waals surface area contributed by atoms with Crippen molar-refractivity contribution in [2.75, 3.05) is 0 Å². The van der Waals surface area contributed by atoms with Gasteiger partial charge in [-0.1, -0.05) is 23.7 Å². The topological polar surface area (TPSA) is 60.1 Å². The number of hydrogen-bond acceptors (Lipinski definition) is 2. The molecule has 0 aliphatic rings. The molecule has 2 aromatic heterocycles. The summed E-state index contributed by atoms with van der Waals surface area (Å²) in [4.78, 5) is 11.3. The molecule has 3 rings (SSSR count). The minimum absolute atomic E-state index is 0.181. The van der Waals surface area contributed by atoms with E-state index in [9.17, 15) is 9.90 Å². The predicted octanol–water partition coefficient (Wildman–Crippen LogP) is 2.93. The second-order valence-corrected chi connectivity index (χ2v) is 5.03. The fourth-order valence-corrected chi connectivity index (χ4v) is 2.83. The second-order valence-electron chi connectivity index (χ2n) is 4.63. The first kappa shape index (κ1) is 12.7. The van der Waals surface area contributed by atoms with Crippen LogP contribution in [0.4, 0.5) is 0 Å². The lowest BCUT2D eigenvalue weighted by atomic mass is 10.1. The number of nitrogens with zero attached hydrogens (tertiary/aromatic N) is 3. The number of hydrogen-bond donors (Lipinski definition) is 1. The highest BCUT2D eigenvalue weighted by atomic mass is 35.5. The zero-order valence-corrected chi connectivity index (χ0v) is 11.7. The van der Waals surface area contributed by atoms with Crippen LogP contribution >= 0.6 is 11.6 Å². The van der Waals surface area contributed by atoms with Crippen LogP contribution in [-0.2, 0) is 14.1 Å². The van der Waals surface area contributed by atoms with E-state index in [1.165, 1.54) is 6.20 Å². The van der Waals surface area contributed by atoms with Gasteiger partial charge < -0.3 is 9.67 Å². The maximum absolute atomic E-state index is 11.3. The molecule has 1 N–H and O–H groups in total. The van der Waals surface area contributed by atoms with Crippen molar-refractivity contribution in [1.29, 1.82) is 0 Å². The van der Waals surface area contributed by atoms with Gasteiger partial charge in [0.25, 0.3) is 0 Å². The first-order valence-corrected chi connectivity index (χ1v) is 6.37. The van der Waals surface area contributed by atoms with Gasteiger partial charge in [-0.2, -0.15) is 5.10 Å². The van der Waals surface area contributed by atoms with Gasteiger partial charge in [0.1, 0.15) is 5.56 Å². The quantitative estimate of drug-likeness (QED) is 0.789. The number of aromatic carboxylic acids is 1. The molecule has 0 radical (unpaired) electrons. The lowest BCUT2D eigenvalue weighted by molar-refractivity contribution is 0.0697. The highest BCUT2D eigenvalue weighted by Crippen LogP contribution is 2.35. The minimum atomic E-state index is -0.993. The van der Waals surface area contributed by atoms with Gasteiger partial charge in [0, 0.05) is 31.2 Å². The molecule has 3 aromatic rings. The minimum Gasteiger partial charge on any atom is -0.478 e. The van der Waals surface area contributed by atoms with Crippen molar-refractivity contribution in [3.63, 3.8) is 0 Å². The van der Waals surface area contributed by atoms with Gasteiger partial charge in [0.15, 0.2) is 0 Å². The Kier molecular flexibility index (Phi) is 2.79. The number of aromatic nitrogens is 3. The monoisotopic (exact) mass is 289 g/mol. The number of benzene rings is 1. The molecule has 0 fully saturated rings. The van der Waals surface area contributed by atoms with E-state index in [1.54, 1.807) is 11.7 Å². The zero-order chi connectivity index (χ0) is 14.4. The summed E-state index contributed by atoms with van der Waals surface area (Å²) in [6.07, 6.45) is 3.24. The third-order valence-electron chi connectivity index (χ3n) is 3.38. The summed E-state index contributed by atoms with van der Waals surface area (Å²) in [6, 6.07) is 5.59. The van der Waals surface area contributed by atoms with Gasteiger partial charge in [-0.3, -0.25) is 4.68 Å². The van der Waals surface area contributed by atoms with Crippen LogP contribution in [0.15, 0.2) is 30.6 Å². The van der Waals surface area contributed by atoms with Gasteiger partial charge in [-0.25, -0.2) is 4.79 Å². The van der Waals surface area contributed by atoms with E-state index in [1.807, 2.05) is 36.0 Å². The Morgan fingerprint density at radius 2 is 2.10 bits per heavy atom. The Balaban J connectivity index is 2.40. The summed E-state index contributed by atoms with van der Waals surface area (Å²) < 4.78 is 3.46. The van der Waals surface area contributed by atoms with Crippen molar-refractivity contribution in [3.8, 4) is 11.3 Å². The molecule has 20 heavy (non-hydrogen) atoms. The molecule has 0 saturated heterocycles. The molecule has 0 atom stereocenters. The Labute approximate surface area is 120 Å². The number of para-hydroxylation sites is 1. The molecule has 102 valence electrons. The van der Waals surface area contributed by atoms with E-state index in [2.05, 4.69) is 5.10 Å². The van der Waals surface area contributed by atoms with E-state index in [0.29, 0.717) is 10.7 Å². The molecule has 0 saturated carbocycles. The fourth-order valence-electron chi connectivity index (χ4n) is 2.52. The molecule has 6 heteroatoms. The number of carboxylic acids is 1. The molecular formula is C14H12ClN3O2. The lowest BCUT2D eigenvalue weighted by Crippen LogP contribution is -2.00. The molecule has 2 heterocycles. The highest BCUT2D eigenvalue weighted by Gasteiger charge is 2.20. The van der Waals surface area contributed by atoms with Crippen molar-refractivity contribution in [2.24, 2.45) is 14.1 Å². The van der Waals surface area contributed by atoms with Crippen molar-refractivity contribution in [1.82, 2.24) is 14.3 Å². The number of halogens is 1. The summed E-state index contributed by atoms with van der Waals surface area (Å²) in [5.74, 6) is -0.993. The summed E-state index contributed by atoms with van der Waals surface area (Å²) in [6.45, 7) is 0. The Bertz CT molecular complexity index is 832. The maximum atomic E-state index is 11.3. The molecule has 0 amide bonds. The Hall–Kier alpha value is -2.27. The smallest absolute Gasteiger partial charge is 0.339 e. The summed E-state index contributed by atoms with van der Waals surface area (Å²) in [5.41, 5.74) is 2.44. The van der Waals surface area contributed by atoms with Crippen LogP contribution in [0.1, 0.15) is 10.4 Å². The molecule has 0 aliphatic carbocycles. The average Bonchev–Trinajstić information content (AvgIpc) is 2.91. The molecule has 0 bridgehead atoms. The number of rotatable bonds is 2. The van der Waals surface area contributed by atoms with E-state index < -0.39 is 5.97 Å². The Morgan fingerprint density at radius 1 is 1.35 bits per heavy atom. The molecule has 0 unspecified atom stereocenters.